The quantitative estimate of drug-likeness (QED) is 0.641. The number of hydrogen-bond donors (Lipinski definition) is 1. The number of carbonyl (C=O) groups excluding carboxylic acids is 1. The van der Waals surface area contributed by atoms with Gasteiger partial charge in [-0.15, -0.1) is 5.10 Å². The summed E-state index contributed by atoms with van der Waals surface area (Å²) in [6.45, 7) is 4.79. The maximum absolute atomic E-state index is 13.0. The first kappa shape index (κ1) is 20.7. The first-order valence-corrected chi connectivity index (χ1v) is 11.0. The third kappa shape index (κ3) is 4.11. The van der Waals surface area contributed by atoms with Crippen LogP contribution in [0.5, 0.6) is 0 Å². The van der Waals surface area contributed by atoms with E-state index in [0.29, 0.717) is 36.4 Å². The van der Waals surface area contributed by atoms with Gasteiger partial charge in [-0.2, -0.15) is 0 Å². The lowest BCUT2D eigenvalue weighted by atomic mass is 10.2. The highest BCUT2D eigenvalue weighted by Crippen LogP contribution is 2.21. The van der Waals surface area contributed by atoms with Crippen molar-refractivity contribution in [1.82, 2.24) is 24.5 Å². The van der Waals surface area contributed by atoms with Crippen molar-refractivity contribution in [1.29, 1.82) is 0 Å². The molecule has 2 aliphatic heterocycles. The molecule has 5 rings (SSSR count). The minimum absolute atomic E-state index is 0.290. The highest BCUT2D eigenvalue weighted by atomic mass is 16.5. The molecule has 2 aliphatic rings. The van der Waals surface area contributed by atoms with Gasteiger partial charge in [-0.3, -0.25) is 4.79 Å². The van der Waals surface area contributed by atoms with Crippen molar-refractivity contribution in [2.24, 2.45) is 0 Å². The van der Waals surface area contributed by atoms with Gasteiger partial charge < -0.3 is 24.8 Å². The minimum Gasteiger partial charge on any atom is -0.378 e. The highest BCUT2D eigenvalue weighted by Gasteiger charge is 2.25. The van der Waals surface area contributed by atoms with Crippen LogP contribution in [0, 0.1) is 0 Å². The first-order valence-electron chi connectivity index (χ1n) is 11.0. The second-order valence-corrected chi connectivity index (χ2v) is 8.39. The molecule has 0 saturated carbocycles. The summed E-state index contributed by atoms with van der Waals surface area (Å²) in [7, 11) is 4.20. The molecule has 3 aromatic rings. The predicted molar refractivity (Wildman–Crippen MR) is 123 cm³/mol. The zero-order chi connectivity index (χ0) is 22.1. The summed E-state index contributed by atoms with van der Waals surface area (Å²) in [6, 6.07) is 10.00. The van der Waals surface area contributed by atoms with Crippen molar-refractivity contribution in [3.05, 3.63) is 42.2 Å². The number of amides is 1. The topological polar surface area (TPSA) is 91.1 Å². The molecule has 10 heteroatoms. The van der Waals surface area contributed by atoms with Crippen molar-refractivity contribution < 1.29 is 9.53 Å². The number of pyridine rings is 1. The third-order valence-corrected chi connectivity index (χ3v) is 6.11. The average molecular weight is 437 g/mol. The van der Waals surface area contributed by atoms with E-state index in [1.54, 1.807) is 16.8 Å². The van der Waals surface area contributed by atoms with Gasteiger partial charge in [-0.1, -0.05) is 6.07 Å². The second kappa shape index (κ2) is 8.71. The molecule has 1 amide bonds. The number of imidazole rings is 1. The minimum atomic E-state index is -0.290. The Hall–Kier alpha value is -3.24. The third-order valence-electron chi connectivity index (χ3n) is 6.11. The van der Waals surface area contributed by atoms with Crippen LogP contribution >= 0.6 is 0 Å². The van der Waals surface area contributed by atoms with E-state index in [9.17, 15) is 4.79 Å². The molecule has 0 aliphatic carbocycles. The van der Waals surface area contributed by atoms with Crippen LogP contribution in [0.2, 0.25) is 0 Å². The molecule has 1 atom stereocenters. The lowest BCUT2D eigenvalue weighted by Crippen LogP contribution is -2.36. The predicted octanol–water partition coefficient (Wildman–Crippen LogP) is 1.35. The molecular formula is C22H28N8O2. The van der Waals surface area contributed by atoms with Crippen LogP contribution in [0.4, 0.5) is 17.5 Å². The maximum atomic E-state index is 13.0. The molecule has 0 aromatic carbocycles. The molecule has 0 bridgehead atoms. The zero-order valence-electron chi connectivity index (χ0n) is 18.4. The summed E-state index contributed by atoms with van der Waals surface area (Å²) < 4.78 is 7.02. The number of morpholine rings is 1. The number of nitrogens with zero attached hydrogens (tertiary/aromatic N) is 7. The molecule has 0 radical (unpaired) electrons. The fourth-order valence-corrected chi connectivity index (χ4v) is 4.20. The van der Waals surface area contributed by atoms with Crippen LogP contribution in [-0.2, 0) is 4.74 Å². The van der Waals surface area contributed by atoms with Gasteiger partial charge in [0, 0.05) is 32.2 Å². The molecule has 0 unspecified atom stereocenters. The van der Waals surface area contributed by atoms with Crippen LogP contribution in [0.15, 0.2) is 36.5 Å². The van der Waals surface area contributed by atoms with E-state index in [4.69, 9.17) is 9.84 Å². The maximum Gasteiger partial charge on any atom is 0.277 e. The Kier molecular flexibility index (Phi) is 5.62. The van der Waals surface area contributed by atoms with E-state index >= 15 is 0 Å². The molecule has 5 heterocycles. The number of hydrogen-bond acceptors (Lipinski definition) is 8. The molecule has 1 N–H and O–H groups in total. The Morgan fingerprint density at radius 3 is 2.72 bits per heavy atom. The van der Waals surface area contributed by atoms with Crippen LogP contribution in [0.25, 0.3) is 5.65 Å². The van der Waals surface area contributed by atoms with Crippen molar-refractivity contribution in [2.45, 2.75) is 12.5 Å². The number of nitrogens with one attached hydrogen (secondary N) is 1. The van der Waals surface area contributed by atoms with Gasteiger partial charge >= 0.3 is 0 Å². The van der Waals surface area contributed by atoms with Crippen molar-refractivity contribution in [3.8, 4) is 0 Å². The second-order valence-electron chi connectivity index (χ2n) is 8.39. The summed E-state index contributed by atoms with van der Waals surface area (Å²) in [4.78, 5) is 28.6. The summed E-state index contributed by atoms with van der Waals surface area (Å²) in [6.07, 6.45) is 2.65. The number of fused-ring (bicyclic) bond motifs is 1. The molecule has 168 valence electrons. The van der Waals surface area contributed by atoms with Crippen LogP contribution < -0.4 is 15.1 Å². The Bertz CT molecular complexity index is 1110. The molecule has 2 fully saturated rings. The Morgan fingerprint density at radius 1 is 1.09 bits per heavy atom. The van der Waals surface area contributed by atoms with Gasteiger partial charge in [0.1, 0.15) is 17.5 Å². The van der Waals surface area contributed by atoms with E-state index in [0.717, 1.165) is 44.2 Å². The van der Waals surface area contributed by atoms with E-state index in [-0.39, 0.29) is 5.91 Å². The van der Waals surface area contributed by atoms with Crippen LogP contribution in [-0.4, -0.2) is 89.9 Å². The summed E-state index contributed by atoms with van der Waals surface area (Å²) in [5.41, 5.74) is 1.01. The first-order chi connectivity index (χ1) is 15.6. The standard InChI is InChI=1S/C22H28N8O2/c1-27(2)16-8-9-29(15-16)21-7-6-19-23-14-17(30(19)26-21)22(31)25-18-4-3-5-20(24-18)28-10-12-32-13-11-28/h3-7,14,16H,8-13,15H2,1-2H3,(H,24,25,31)/t16-/m1/s1. The SMILES string of the molecule is CN(C)[C@@H]1CCN(c2ccc3ncc(C(=O)Nc4cccc(N5CCOCC5)n4)n3n2)C1. The van der Waals surface area contributed by atoms with Crippen molar-refractivity contribution in [3.63, 3.8) is 0 Å². The molecule has 32 heavy (non-hydrogen) atoms. The average Bonchev–Trinajstić information content (AvgIpc) is 3.47. The summed E-state index contributed by atoms with van der Waals surface area (Å²) in [5.74, 6) is 1.88. The van der Waals surface area contributed by atoms with Crippen LogP contribution in [0.1, 0.15) is 16.9 Å². The lowest BCUT2D eigenvalue weighted by Gasteiger charge is -2.27. The zero-order valence-corrected chi connectivity index (χ0v) is 18.4. The van der Waals surface area contributed by atoms with Gasteiger partial charge in [0.25, 0.3) is 5.91 Å². The van der Waals surface area contributed by atoms with Gasteiger partial charge in [-0.05, 0) is 44.8 Å². The number of ether oxygens (including phenoxy) is 1. The fourth-order valence-electron chi connectivity index (χ4n) is 4.20. The van der Waals surface area contributed by atoms with Crippen LogP contribution in [0.3, 0.4) is 0 Å². The van der Waals surface area contributed by atoms with Gasteiger partial charge in [0.15, 0.2) is 11.3 Å². The van der Waals surface area contributed by atoms with Crippen molar-refractivity contribution >= 4 is 29.0 Å². The highest BCUT2D eigenvalue weighted by molar-refractivity contribution is 6.02. The normalized spacial score (nSPS) is 19.2. The number of anilines is 3. The summed E-state index contributed by atoms with van der Waals surface area (Å²) >= 11 is 0. The van der Waals surface area contributed by atoms with E-state index in [1.165, 1.54) is 0 Å². The molecule has 2 saturated heterocycles. The lowest BCUT2D eigenvalue weighted by molar-refractivity contribution is 0.102. The van der Waals surface area contributed by atoms with E-state index in [1.807, 2.05) is 24.3 Å². The largest absolute Gasteiger partial charge is 0.378 e. The molecule has 3 aromatic heterocycles. The number of carbonyl (C=O) groups is 1. The monoisotopic (exact) mass is 436 g/mol. The van der Waals surface area contributed by atoms with Gasteiger partial charge in [0.2, 0.25) is 0 Å². The van der Waals surface area contributed by atoms with Gasteiger partial charge in [0.05, 0.1) is 19.4 Å². The Labute approximate surface area is 186 Å². The number of aromatic nitrogens is 4. The summed E-state index contributed by atoms with van der Waals surface area (Å²) in [5, 5.41) is 7.62. The van der Waals surface area contributed by atoms with E-state index in [2.05, 4.69) is 44.1 Å². The fraction of sp³-hybridized carbons (Fsp3) is 0.455. The van der Waals surface area contributed by atoms with Gasteiger partial charge in [-0.25, -0.2) is 14.5 Å². The number of likely N-dealkylation sites (N-methyl/N-ethyl adjacent to an activating group) is 1. The van der Waals surface area contributed by atoms with Crippen molar-refractivity contribution in [2.75, 3.05) is 68.6 Å². The number of rotatable bonds is 5. The molecular weight excluding hydrogens is 408 g/mol. The smallest absolute Gasteiger partial charge is 0.277 e. The van der Waals surface area contributed by atoms with E-state index < -0.39 is 0 Å². The Morgan fingerprint density at radius 2 is 1.94 bits per heavy atom. The molecule has 0 spiro atoms. The molecule has 10 nitrogen and oxygen atoms in total. The Balaban J connectivity index is 1.35.